The van der Waals surface area contributed by atoms with E-state index in [2.05, 4.69) is 5.16 Å². The number of hydrogen-bond donors (Lipinski definition) is 0. The van der Waals surface area contributed by atoms with Gasteiger partial charge in [-0.15, -0.1) is 11.8 Å². The molecule has 27 heavy (non-hydrogen) atoms. The summed E-state index contributed by atoms with van der Waals surface area (Å²) in [7, 11) is 0. The minimum atomic E-state index is -0.455. The van der Waals surface area contributed by atoms with E-state index in [1.165, 1.54) is 0 Å². The molecule has 0 saturated heterocycles. The average molecular weight is 423 g/mol. The van der Waals surface area contributed by atoms with Gasteiger partial charge in [0.2, 0.25) is 5.76 Å². The Balaban J connectivity index is 1.91. The SMILES string of the molecule is Cc1noc(CC(SCc2ccccc2)c2ccc(Cl)cc2Cl)c1[N+](=O)[O-]. The van der Waals surface area contributed by atoms with Gasteiger partial charge in [0, 0.05) is 27.5 Å². The van der Waals surface area contributed by atoms with E-state index >= 15 is 0 Å². The molecular weight excluding hydrogens is 407 g/mol. The van der Waals surface area contributed by atoms with E-state index in [1.54, 1.807) is 30.8 Å². The summed E-state index contributed by atoms with van der Waals surface area (Å²) in [5, 5.41) is 16.0. The van der Waals surface area contributed by atoms with Crippen molar-refractivity contribution in [2.75, 3.05) is 0 Å². The molecule has 0 fully saturated rings. The van der Waals surface area contributed by atoms with E-state index < -0.39 is 4.92 Å². The maximum absolute atomic E-state index is 11.4. The highest BCUT2D eigenvalue weighted by atomic mass is 35.5. The van der Waals surface area contributed by atoms with Gasteiger partial charge in [-0.2, -0.15) is 0 Å². The molecule has 0 aliphatic carbocycles. The molecule has 5 nitrogen and oxygen atoms in total. The average Bonchev–Trinajstić information content (AvgIpc) is 3.00. The van der Waals surface area contributed by atoms with Crippen LogP contribution in [0, 0.1) is 17.0 Å². The molecule has 8 heteroatoms. The number of hydrogen-bond acceptors (Lipinski definition) is 5. The van der Waals surface area contributed by atoms with Crippen molar-refractivity contribution in [1.29, 1.82) is 0 Å². The van der Waals surface area contributed by atoms with E-state index in [0.717, 1.165) is 16.9 Å². The number of benzene rings is 2. The molecule has 1 aromatic heterocycles. The Kier molecular flexibility index (Phi) is 6.42. The van der Waals surface area contributed by atoms with Crippen LogP contribution in [0.1, 0.15) is 27.8 Å². The molecule has 3 rings (SSSR count). The van der Waals surface area contributed by atoms with Gasteiger partial charge in [0.05, 0.1) is 4.92 Å². The maximum Gasteiger partial charge on any atom is 0.334 e. The van der Waals surface area contributed by atoms with Crippen LogP contribution in [0.5, 0.6) is 0 Å². The van der Waals surface area contributed by atoms with Gasteiger partial charge in [-0.05, 0) is 30.2 Å². The Morgan fingerprint density at radius 1 is 1.22 bits per heavy atom. The summed E-state index contributed by atoms with van der Waals surface area (Å²) >= 11 is 14.1. The number of nitrogens with zero attached hydrogens (tertiary/aromatic N) is 2. The van der Waals surface area contributed by atoms with Gasteiger partial charge < -0.3 is 4.52 Å². The zero-order valence-electron chi connectivity index (χ0n) is 14.4. The number of rotatable bonds is 7. The fourth-order valence-electron chi connectivity index (χ4n) is 2.74. The summed E-state index contributed by atoms with van der Waals surface area (Å²) in [5.74, 6) is 0.972. The Morgan fingerprint density at radius 3 is 2.63 bits per heavy atom. The van der Waals surface area contributed by atoms with E-state index in [1.807, 2.05) is 36.4 Å². The Labute approximate surface area is 170 Å². The summed E-state index contributed by atoms with van der Waals surface area (Å²) in [6, 6.07) is 15.3. The van der Waals surface area contributed by atoms with Gasteiger partial charge in [0.1, 0.15) is 0 Å². The van der Waals surface area contributed by atoms with Crippen molar-refractivity contribution in [3.05, 3.63) is 91.3 Å². The number of aromatic nitrogens is 1. The summed E-state index contributed by atoms with van der Waals surface area (Å²) < 4.78 is 5.25. The first-order chi connectivity index (χ1) is 13.0. The molecule has 1 atom stereocenters. The molecule has 0 aliphatic heterocycles. The Morgan fingerprint density at radius 2 is 1.96 bits per heavy atom. The fourth-order valence-corrected chi connectivity index (χ4v) is 4.59. The minimum Gasteiger partial charge on any atom is -0.354 e. The lowest BCUT2D eigenvalue weighted by Crippen LogP contribution is -2.03. The zero-order chi connectivity index (χ0) is 19.4. The third-order valence-electron chi connectivity index (χ3n) is 4.06. The molecule has 140 valence electrons. The lowest BCUT2D eigenvalue weighted by molar-refractivity contribution is -0.386. The van der Waals surface area contributed by atoms with Gasteiger partial charge in [0.15, 0.2) is 5.69 Å². The van der Waals surface area contributed by atoms with Gasteiger partial charge >= 0.3 is 5.69 Å². The van der Waals surface area contributed by atoms with Crippen LogP contribution >= 0.6 is 35.0 Å². The van der Waals surface area contributed by atoms with Crippen molar-refractivity contribution in [2.24, 2.45) is 0 Å². The standard InChI is InChI=1S/C19H16Cl2N2O3S/c1-12-19(23(24)25)17(26-22-12)10-18(15-8-7-14(20)9-16(15)21)27-11-13-5-3-2-4-6-13/h2-9,18H,10-11H2,1H3. The highest BCUT2D eigenvalue weighted by molar-refractivity contribution is 7.98. The maximum atomic E-state index is 11.4. The van der Waals surface area contributed by atoms with Crippen LogP contribution in [0.4, 0.5) is 5.69 Å². The van der Waals surface area contributed by atoms with E-state index in [9.17, 15) is 10.1 Å². The van der Waals surface area contributed by atoms with Gasteiger partial charge in [0.25, 0.3) is 0 Å². The Bertz CT molecular complexity index is 947. The second-order valence-electron chi connectivity index (χ2n) is 5.95. The topological polar surface area (TPSA) is 69.2 Å². The molecule has 1 heterocycles. The first kappa shape index (κ1) is 19.7. The third-order valence-corrected chi connectivity index (χ3v) is 5.94. The fraction of sp³-hybridized carbons (Fsp3) is 0.211. The van der Waals surface area contributed by atoms with Gasteiger partial charge in [-0.1, -0.05) is 64.8 Å². The van der Waals surface area contributed by atoms with Gasteiger partial charge in [-0.3, -0.25) is 10.1 Å². The molecule has 0 N–H and O–H groups in total. The molecule has 0 aliphatic rings. The van der Waals surface area contributed by atoms with Crippen LogP contribution in [0.15, 0.2) is 53.1 Å². The monoisotopic (exact) mass is 422 g/mol. The highest BCUT2D eigenvalue weighted by Crippen LogP contribution is 2.40. The summed E-state index contributed by atoms with van der Waals surface area (Å²) in [4.78, 5) is 10.9. The van der Waals surface area contributed by atoms with Crippen molar-refractivity contribution >= 4 is 40.7 Å². The molecular formula is C19H16Cl2N2O3S. The molecule has 0 radical (unpaired) electrons. The van der Waals surface area contributed by atoms with Crippen molar-refractivity contribution in [1.82, 2.24) is 5.16 Å². The summed E-state index contributed by atoms with van der Waals surface area (Å²) in [6.07, 6.45) is 0.302. The predicted molar refractivity (Wildman–Crippen MR) is 109 cm³/mol. The predicted octanol–water partition coefficient (Wildman–Crippen LogP) is 6.42. The van der Waals surface area contributed by atoms with Crippen LogP contribution in [0.2, 0.25) is 10.0 Å². The first-order valence-corrected chi connectivity index (χ1v) is 9.96. The highest BCUT2D eigenvalue weighted by Gasteiger charge is 2.28. The van der Waals surface area contributed by atoms with Gasteiger partial charge in [-0.25, -0.2) is 0 Å². The van der Waals surface area contributed by atoms with Crippen LogP contribution in [0.25, 0.3) is 0 Å². The molecule has 2 aromatic carbocycles. The molecule has 0 bridgehead atoms. The van der Waals surface area contributed by atoms with Crippen molar-refractivity contribution < 1.29 is 9.45 Å². The molecule has 0 amide bonds. The summed E-state index contributed by atoms with van der Waals surface area (Å²) in [5.41, 5.74) is 2.19. The third kappa shape index (κ3) is 4.83. The number of nitro groups is 1. The molecule has 0 saturated carbocycles. The molecule has 1 unspecified atom stereocenters. The quantitative estimate of drug-likeness (QED) is 0.324. The number of halogens is 2. The smallest absolute Gasteiger partial charge is 0.334 e. The van der Waals surface area contributed by atoms with Crippen molar-refractivity contribution in [2.45, 2.75) is 24.3 Å². The van der Waals surface area contributed by atoms with Crippen LogP contribution in [-0.4, -0.2) is 10.1 Å². The minimum absolute atomic E-state index is 0.0783. The van der Waals surface area contributed by atoms with Crippen LogP contribution in [0.3, 0.4) is 0 Å². The van der Waals surface area contributed by atoms with E-state index in [-0.39, 0.29) is 22.4 Å². The van der Waals surface area contributed by atoms with Crippen molar-refractivity contribution in [3.8, 4) is 0 Å². The second-order valence-corrected chi connectivity index (χ2v) is 7.99. The van der Waals surface area contributed by atoms with Crippen LogP contribution < -0.4 is 0 Å². The zero-order valence-corrected chi connectivity index (χ0v) is 16.7. The number of aryl methyl sites for hydroxylation is 1. The number of thioether (sulfide) groups is 1. The van der Waals surface area contributed by atoms with Crippen LogP contribution in [-0.2, 0) is 12.2 Å². The largest absolute Gasteiger partial charge is 0.354 e. The molecule has 3 aromatic rings. The van der Waals surface area contributed by atoms with E-state index in [4.69, 9.17) is 27.7 Å². The van der Waals surface area contributed by atoms with Crippen molar-refractivity contribution in [3.63, 3.8) is 0 Å². The lowest BCUT2D eigenvalue weighted by Gasteiger charge is -2.17. The van der Waals surface area contributed by atoms with E-state index in [0.29, 0.717) is 16.5 Å². The second kappa shape index (κ2) is 8.78. The molecule has 0 spiro atoms. The normalized spacial score (nSPS) is 12.1. The first-order valence-electron chi connectivity index (χ1n) is 8.15. The lowest BCUT2D eigenvalue weighted by atomic mass is 10.1. The Hall–Kier alpha value is -2.02. The summed E-state index contributed by atoms with van der Waals surface area (Å²) in [6.45, 7) is 1.56.